The number of piperazine rings is 2. The number of nitrogens with one attached hydrogen (secondary N) is 3. The summed E-state index contributed by atoms with van der Waals surface area (Å²) in [6.45, 7) is 11.9. The molecule has 69 heavy (non-hydrogen) atoms. The number of nitrogens with two attached hydrogens (primary N) is 1. The Balaban J connectivity index is 0.000000196. The van der Waals surface area contributed by atoms with Crippen LogP contribution in [0.5, 0.6) is 23.0 Å². The van der Waals surface area contributed by atoms with Gasteiger partial charge in [-0.05, 0) is 135 Å². The summed E-state index contributed by atoms with van der Waals surface area (Å²) in [6, 6.07) is 50.5. The maximum Gasteiger partial charge on any atom is 0.417 e. The maximum atomic E-state index is 12.0. The summed E-state index contributed by atoms with van der Waals surface area (Å²) in [5.41, 5.74) is 16.4. The molecule has 8 rings (SSSR count). The average molecular weight is 960 g/mol. The number of hydrogen-bond acceptors (Lipinski definition) is 13. The number of nitrogen functional groups attached to an aromatic ring is 1. The molecule has 0 bridgehead atoms. The lowest BCUT2D eigenvalue weighted by Crippen LogP contribution is -2.46. The van der Waals surface area contributed by atoms with Crippen molar-refractivity contribution in [3.63, 3.8) is 0 Å². The van der Waals surface area contributed by atoms with Crippen LogP contribution in [-0.2, 0) is 4.79 Å². The van der Waals surface area contributed by atoms with Gasteiger partial charge in [-0.2, -0.15) is 0 Å². The van der Waals surface area contributed by atoms with E-state index in [0.717, 1.165) is 81.7 Å². The van der Waals surface area contributed by atoms with Crippen LogP contribution in [0.2, 0.25) is 0 Å². The largest absolute Gasteiger partial charge is 0.497 e. The first-order chi connectivity index (χ1) is 33.6. The topological polar surface area (TPSA) is 163 Å². The van der Waals surface area contributed by atoms with Gasteiger partial charge >= 0.3 is 11.5 Å². The number of rotatable bonds is 13. The Morgan fingerprint density at radius 2 is 0.928 bits per heavy atom. The lowest BCUT2D eigenvalue weighted by molar-refractivity contribution is -0.110. The fraction of sp³-hybridized carbons (Fsp3) is 0.264. The Morgan fingerprint density at radius 3 is 1.28 bits per heavy atom. The van der Waals surface area contributed by atoms with Crippen LogP contribution in [0.3, 0.4) is 0 Å². The molecule has 2 fully saturated rings. The molecule has 0 spiro atoms. The van der Waals surface area contributed by atoms with Crippen molar-refractivity contribution in [3.8, 4) is 23.0 Å². The summed E-state index contributed by atoms with van der Waals surface area (Å²) in [6.07, 6.45) is 1.15. The molecular weight excluding hydrogens is 896 g/mol. The first-order valence-electron chi connectivity index (χ1n) is 22.7. The molecule has 2 saturated heterocycles. The molecule has 15 nitrogen and oxygen atoms in total. The number of anilines is 6. The van der Waals surface area contributed by atoms with Gasteiger partial charge in [-0.3, -0.25) is 15.5 Å². The van der Waals surface area contributed by atoms with Gasteiger partial charge in [0.2, 0.25) is 6.41 Å². The highest BCUT2D eigenvalue weighted by Crippen LogP contribution is 2.26. The molecule has 0 aliphatic carbocycles. The molecule has 0 radical (unpaired) electrons. The van der Waals surface area contributed by atoms with Crippen LogP contribution in [0.15, 0.2) is 158 Å². The molecule has 6 aromatic carbocycles. The monoisotopic (exact) mass is 958 g/mol. The number of hydrogen-bond donors (Lipinski definition) is 4. The molecule has 364 valence electrons. The molecule has 2 aliphatic heterocycles. The highest BCUT2D eigenvalue weighted by Gasteiger charge is 2.19. The number of nitrogens with zero attached hydrogens (tertiary/aromatic N) is 4. The lowest BCUT2D eigenvalue weighted by atomic mass is 10.2. The van der Waals surface area contributed by atoms with Gasteiger partial charge in [0.1, 0.15) is 23.0 Å². The number of benzene rings is 6. The molecule has 0 saturated carbocycles. The van der Waals surface area contributed by atoms with E-state index in [0.29, 0.717) is 29.6 Å². The summed E-state index contributed by atoms with van der Waals surface area (Å²) < 4.78 is 20.2. The second-order valence-corrected chi connectivity index (χ2v) is 16.0. The second kappa shape index (κ2) is 28.5. The summed E-state index contributed by atoms with van der Waals surface area (Å²) in [5, 5.41) is 2.76. The third-order valence-corrected chi connectivity index (χ3v) is 11.1. The number of methoxy groups -OCH3 is 2. The zero-order valence-electron chi connectivity index (χ0n) is 39.6. The Morgan fingerprint density at radius 1 is 0.565 bits per heavy atom. The number of carbonyl (C=O) groups is 3. The lowest BCUT2D eigenvalue weighted by Gasteiger charge is -2.37. The Bertz CT molecular complexity index is 2390. The summed E-state index contributed by atoms with van der Waals surface area (Å²) in [5.74, 6) is 2.75. The SMILES string of the molecule is CCC(C)NNC=O.COc1ccc(N2CCN(c3ccc(N)cc3)CC2)cc1.COc1ccc(N2CCN(c3ccc(NC(=O)Oc4ccccc4)cc3)CC2)cc1.O=C(Cl)Oc1ccccc1. The molecule has 2 heterocycles. The van der Waals surface area contributed by atoms with Crippen LogP contribution in [0.4, 0.5) is 43.7 Å². The fourth-order valence-corrected chi connectivity index (χ4v) is 7.16. The summed E-state index contributed by atoms with van der Waals surface area (Å²) in [4.78, 5) is 41.4. The van der Waals surface area contributed by atoms with Crippen molar-refractivity contribution in [2.45, 2.75) is 26.3 Å². The third kappa shape index (κ3) is 18.2. The predicted octanol–water partition coefficient (Wildman–Crippen LogP) is 9.70. The molecule has 1 unspecified atom stereocenters. The first-order valence-corrected chi connectivity index (χ1v) is 23.1. The van der Waals surface area contributed by atoms with Crippen molar-refractivity contribution >= 4 is 63.7 Å². The zero-order valence-corrected chi connectivity index (χ0v) is 40.4. The molecule has 2 amide bonds. The van der Waals surface area contributed by atoms with Crippen LogP contribution in [0, 0.1) is 0 Å². The van der Waals surface area contributed by atoms with Crippen LogP contribution in [-0.4, -0.2) is 90.6 Å². The minimum atomic E-state index is -0.814. The fourth-order valence-electron chi connectivity index (χ4n) is 7.07. The average Bonchev–Trinajstić information content (AvgIpc) is 3.39. The quantitative estimate of drug-likeness (QED) is 0.0375. The summed E-state index contributed by atoms with van der Waals surface area (Å²) >= 11 is 4.95. The van der Waals surface area contributed by atoms with Crippen molar-refractivity contribution in [3.05, 3.63) is 158 Å². The highest BCUT2D eigenvalue weighted by atomic mass is 35.5. The highest BCUT2D eigenvalue weighted by molar-refractivity contribution is 6.61. The second-order valence-electron chi connectivity index (χ2n) is 15.7. The van der Waals surface area contributed by atoms with Crippen molar-refractivity contribution in [2.75, 3.05) is 97.2 Å². The predicted molar refractivity (Wildman–Crippen MR) is 279 cm³/mol. The van der Waals surface area contributed by atoms with Crippen molar-refractivity contribution in [1.29, 1.82) is 0 Å². The van der Waals surface area contributed by atoms with Gasteiger partial charge in [0.25, 0.3) is 0 Å². The van der Waals surface area contributed by atoms with E-state index in [1.54, 1.807) is 50.6 Å². The molecule has 16 heteroatoms. The van der Waals surface area contributed by atoms with Crippen LogP contribution in [0.1, 0.15) is 20.3 Å². The standard InChI is InChI=1S/C24H25N3O3.C17H21N3O.C7H5ClO2.C5H12N2O/c1-29-22-13-11-21(12-14-22)27-17-15-26(16-18-27)20-9-7-19(8-10-20)25-24(28)30-23-5-3-2-4-6-23;1-21-17-8-6-16(7-9-17)20-12-10-19(11-13-20)15-4-2-14(18)3-5-15;8-7(9)10-6-4-2-1-3-5-6;1-3-5(2)7-6-4-8/h2-14H,15-18H2,1H3,(H,25,28);2-9H,10-13,18H2,1H3;1-5H;4-5,7H,3H2,1-2H3,(H,6,8). The number of halogens is 1. The molecule has 5 N–H and O–H groups in total. The van der Waals surface area contributed by atoms with E-state index in [2.05, 4.69) is 76.9 Å². The van der Waals surface area contributed by atoms with Gasteiger partial charge in [-0.25, -0.2) is 15.0 Å². The van der Waals surface area contributed by atoms with E-state index in [9.17, 15) is 14.4 Å². The van der Waals surface area contributed by atoms with Gasteiger partial charge in [0.15, 0.2) is 0 Å². The Hall–Kier alpha value is -7.62. The van der Waals surface area contributed by atoms with Crippen molar-refractivity contribution < 1.29 is 33.3 Å². The van der Waals surface area contributed by atoms with Gasteiger partial charge in [-0.1, -0.05) is 43.3 Å². The molecular formula is C53H63ClN8O7. The van der Waals surface area contributed by atoms with Crippen molar-refractivity contribution in [1.82, 2.24) is 10.9 Å². The molecule has 6 aromatic rings. The molecule has 1 atom stereocenters. The Labute approximate surface area is 410 Å². The van der Waals surface area contributed by atoms with Crippen LogP contribution < -0.4 is 60.4 Å². The van der Waals surface area contributed by atoms with E-state index in [-0.39, 0.29) is 0 Å². The molecule has 0 aromatic heterocycles. The van der Waals surface area contributed by atoms with Crippen molar-refractivity contribution in [2.24, 2.45) is 0 Å². The normalized spacial score (nSPS) is 13.3. The smallest absolute Gasteiger partial charge is 0.417 e. The van der Waals surface area contributed by atoms with E-state index >= 15 is 0 Å². The number of ether oxygens (including phenoxy) is 4. The van der Waals surface area contributed by atoms with Crippen LogP contribution >= 0.6 is 11.6 Å². The van der Waals surface area contributed by atoms with Gasteiger partial charge in [0.05, 0.1) is 14.2 Å². The number of hydrazine groups is 1. The van der Waals surface area contributed by atoms with E-state index in [1.165, 1.54) is 17.1 Å². The number of carbonyl (C=O) groups excluding carboxylic acids is 3. The minimum absolute atomic E-state index is 0.361. The maximum absolute atomic E-state index is 12.0. The zero-order chi connectivity index (χ0) is 49.2. The first kappa shape index (κ1) is 52.4. The third-order valence-electron chi connectivity index (χ3n) is 11.1. The number of para-hydroxylation sites is 2. The van der Waals surface area contributed by atoms with Gasteiger partial charge in [-0.15, -0.1) is 0 Å². The van der Waals surface area contributed by atoms with Gasteiger partial charge < -0.3 is 44.3 Å². The van der Waals surface area contributed by atoms with Gasteiger partial charge in [0, 0.05) is 104 Å². The molecule has 2 aliphatic rings. The summed E-state index contributed by atoms with van der Waals surface area (Å²) in [7, 11) is 3.38. The van der Waals surface area contributed by atoms with E-state index in [4.69, 9.17) is 31.5 Å². The Kier molecular flexibility index (Phi) is 21.6. The number of amides is 2. The van der Waals surface area contributed by atoms with E-state index in [1.807, 2.05) is 98.8 Å². The van der Waals surface area contributed by atoms with Crippen LogP contribution in [0.25, 0.3) is 0 Å². The van der Waals surface area contributed by atoms with E-state index < -0.39 is 11.5 Å². The minimum Gasteiger partial charge on any atom is -0.497 e.